The van der Waals surface area contributed by atoms with Gasteiger partial charge in [-0.3, -0.25) is 16.0 Å². The minimum Gasteiger partial charge on any atom is -0.276 e. The first kappa shape index (κ1) is 13.8. The van der Waals surface area contributed by atoms with Crippen LogP contribution in [-0.2, 0) is 19.9 Å². The second-order valence-electron chi connectivity index (χ2n) is 5.12. The second-order valence-corrected chi connectivity index (χ2v) is 5.12. The van der Waals surface area contributed by atoms with Gasteiger partial charge < -0.3 is 0 Å². The quantitative estimate of drug-likeness (QED) is 0.613. The van der Waals surface area contributed by atoms with E-state index < -0.39 is 0 Å². The summed E-state index contributed by atoms with van der Waals surface area (Å²) in [5.41, 5.74) is 6.80. The molecule has 1 atom stereocenters. The zero-order valence-corrected chi connectivity index (χ0v) is 11.6. The SMILES string of the molecule is Cc1cccc(CCC(Cc2cnn(C)c2)NN)c1. The zero-order valence-electron chi connectivity index (χ0n) is 11.6. The van der Waals surface area contributed by atoms with Gasteiger partial charge in [0.05, 0.1) is 6.20 Å². The molecular weight excluding hydrogens is 236 g/mol. The first-order chi connectivity index (χ1) is 9.17. The molecule has 0 bridgehead atoms. The Morgan fingerprint density at radius 3 is 2.84 bits per heavy atom. The van der Waals surface area contributed by atoms with Crippen molar-refractivity contribution in [2.24, 2.45) is 12.9 Å². The highest BCUT2D eigenvalue weighted by Gasteiger charge is 2.09. The van der Waals surface area contributed by atoms with Crippen molar-refractivity contribution in [2.45, 2.75) is 32.2 Å². The Kier molecular flexibility index (Phi) is 4.71. The molecule has 0 aliphatic rings. The van der Waals surface area contributed by atoms with Crippen molar-refractivity contribution in [1.82, 2.24) is 15.2 Å². The molecule has 1 aromatic carbocycles. The normalized spacial score (nSPS) is 12.6. The summed E-state index contributed by atoms with van der Waals surface area (Å²) in [6.07, 6.45) is 6.91. The first-order valence-electron chi connectivity index (χ1n) is 6.66. The molecule has 0 aliphatic carbocycles. The third-order valence-electron chi connectivity index (χ3n) is 3.34. The van der Waals surface area contributed by atoms with Crippen LogP contribution in [0.1, 0.15) is 23.1 Å². The van der Waals surface area contributed by atoms with Crippen LogP contribution in [0.2, 0.25) is 0 Å². The summed E-state index contributed by atoms with van der Waals surface area (Å²) in [5.74, 6) is 5.64. The van der Waals surface area contributed by atoms with Crippen molar-refractivity contribution < 1.29 is 0 Å². The molecule has 1 unspecified atom stereocenters. The molecule has 1 aromatic heterocycles. The monoisotopic (exact) mass is 258 g/mol. The summed E-state index contributed by atoms with van der Waals surface area (Å²) in [6, 6.07) is 8.92. The van der Waals surface area contributed by atoms with Crippen molar-refractivity contribution in [2.75, 3.05) is 0 Å². The third-order valence-corrected chi connectivity index (χ3v) is 3.34. The van der Waals surface area contributed by atoms with Crippen LogP contribution in [0.5, 0.6) is 0 Å². The highest BCUT2D eigenvalue weighted by Crippen LogP contribution is 2.10. The van der Waals surface area contributed by atoms with Gasteiger partial charge >= 0.3 is 0 Å². The maximum absolute atomic E-state index is 5.64. The lowest BCUT2D eigenvalue weighted by atomic mass is 10.0. The summed E-state index contributed by atoms with van der Waals surface area (Å²) >= 11 is 0. The molecule has 4 nitrogen and oxygen atoms in total. The van der Waals surface area contributed by atoms with Crippen LogP contribution in [-0.4, -0.2) is 15.8 Å². The van der Waals surface area contributed by atoms with E-state index in [1.165, 1.54) is 16.7 Å². The Bertz CT molecular complexity index is 518. The molecule has 0 saturated carbocycles. The van der Waals surface area contributed by atoms with E-state index in [1.54, 1.807) is 0 Å². The van der Waals surface area contributed by atoms with Crippen molar-refractivity contribution in [1.29, 1.82) is 0 Å². The van der Waals surface area contributed by atoms with Gasteiger partial charge in [-0.1, -0.05) is 29.8 Å². The summed E-state index contributed by atoms with van der Waals surface area (Å²) in [7, 11) is 1.93. The minimum absolute atomic E-state index is 0.282. The molecule has 19 heavy (non-hydrogen) atoms. The molecular formula is C15H22N4. The number of hydrogen-bond acceptors (Lipinski definition) is 3. The van der Waals surface area contributed by atoms with E-state index in [9.17, 15) is 0 Å². The van der Waals surface area contributed by atoms with Crippen LogP contribution < -0.4 is 11.3 Å². The number of rotatable bonds is 6. The fourth-order valence-electron chi connectivity index (χ4n) is 2.31. The Morgan fingerprint density at radius 2 is 2.21 bits per heavy atom. The van der Waals surface area contributed by atoms with Crippen LogP contribution in [0.15, 0.2) is 36.7 Å². The third kappa shape index (κ3) is 4.19. The van der Waals surface area contributed by atoms with Crippen molar-refractivity contribution >= 4 is 0 Å². The van der Waals surface area contributed by atoms with Crippen molar-refractivity contribution in [3.05, 3.63) is 53.3 Å². The number of nitrogens with one attached hydrogen (secondary N) is 1. The number of nitrogens with zero attached hydrogens (tertiary/aromatic N) is 2. The summed E-state index contributed by atoms with van der Waals surface area (Å²) in [4.78, 5) is 0. The van der Waals surface area contributed by atoms with Gasteiger partial charge in [0.15, 0.2) is 0 Å². The van der Waals surface area contributed by atoms with Crippen molar-refractivity contribution in [3.8, 4) is 0 Å². The second kappa shape index (κ2) is 6.50. The smallest absolute Gasteiger partial charge is 0.0522 e. The maximum atomic E-state index is 5.64. The fourth-order valence-corrected chi connectivity index (χ4v) is 2.31. The lowest BCUT2D eigenvalue weighted by Gasteiger charge is -2.15. The Labute approximate surface area is 114 Å². The topological polar surface area (TPSA) is 55.9 Å². The van der Waals surface area contributed by atoms with Crippen LogP contribution in [0.4, 0.5) is 0 Å². The largest absolute Gasteiger partial charge is 0.276 e. The Hall–Kier alpha value is -1.65. The molecule has 2 rings (SSSR count). The van der Waals surface area contributed by atoms with E-state index in [4.69, 9.17) is 5.84 Å². The molecule has 2 aromatic rings. The summed E-state index contributed by atoms with van der Waals surface area (Å²) in [5, 5.41) is 4.18. The minimum atomic E-state index is 0.282. The van der Waals surface area contributed by atoms with E-state index in [2.05, 4.69) is 41.7 Å². The number of nitrogens with two attached hydrogens (primary N) is 1. The van der Waals surface area contributed by atoms with Gasteiger partial charge in [-0.05, 0) is 37.3 Å². The maximum Gasteiger partial charge on any atom is 0.0522 e. The van der Waals surface area contributed by atoms with E-state index >= 15 is 0 Å². The number of aromatic nitrogens is 2. The van der Waals surface area contributed by atoms with Gasteiger partial charge in [0, 0.05) is 19.3 Å². The van der Waals surface area contributed by atoms with Gasteiger partial charge in [-0.15, -0.1) is 0 Å². The number of benzene rings is 1. The van der Waals surface area contributed by atoms with Crippen LogP contribution in [0.3, 0.4) is 0 Å². The average molecular weight is 258 g/mol. The van der Waals surface area contributed by atoms with E-state index in [-0.39, 0.29) is 6.04 Å². The van der Waals surface area contributed by atoms with Gasteiger partial charge in [-0.2, -0.15) is 5.10 Å². The molecule has 0 fully saturated rings. The Balaban J connectivity index is 1.89. The number of hydrogen-bond donors (Lipinski definition) is 2. The van der Waals surface area contributed by atoms with E-state index in [1.807, 2.05) is 24.1 Å². The fraction of sp³-hybridized carbons (Fsp3) is 0.400. The molecule has 0 spiro atoms. The lowest BCUT2D eigenvalue weighted by molar-refractivity contribution is 0.491. The highest BCUT2D eigenvalue weighted by atomic mass is 15.2. The Morgan fingerprint density at radius 1 is 1.37 bits per heavy atom. The lowest BCUT2D eigenvalue weighted by Crippen LogP contribution is -2.37. The molecule has 0 saturated heterocycles. The highest BCUT2D eigenvalue weighted by molar-refractivity contribution is 5.22. The number of hydrazine groups is 1. The standard InChI is InChI=1S/C15H22N4/c1-12-4-3-5-13(8-12)6-7-15(18-16)9-14-10-17-19(2)11-14/h3-5,8,10-11,15,18H,6-7,9,16H2,1-2H3. The molecule has 4 heteroatoms. The van der Waals surface area contributed by atoms with E-state index in [0.29, 0.717) is 0 Å². The molecule has 1 heterocycles. The van der Waals surface area contributed by atoms with Gasteiger partial charge in [0.1, 0.15) is 0 Å². The first-order valence-corrected chi connectivity index (χ1v) is 6.66. The van der Waals surface area contributed by atoms with Crippen LogP contribution >= 0.6 is 0 Å². The predicted octanol–water partition coefficient (Wildman–Crippen LogP) is 1.74. The molecule has 0 radical (unpaired) electrons. The molecule has 0 aliphatic heterocycles. The summed E-state index contributed by atoms with van der Waals surface area (Å²) in [6.45, 7) is 2.12. The van der Waals surface area contributed by atoms with E-state index in [0.717, 1.165) is 19.3 Å². The zero-order chi connectivity index (χ0) is 13.7. The van der Waals surface area contributed by atoms with Gasteiger partial charge in [-0.25, -0.2) is 0 Å². The van der Waals surface area contributed by atoms with Gasteiger partial charge in [0.25, 0.3) is 0 Å². The van der Waals surface area contributed by atoms with Crippen molar-refractivity contribution in [3.63, 3.8) is 0 Å². The molecule has 3 N–H and O–H groups in total. The van der Waals surface area contributed by atoms with Gasteiger partial charge in [0.2, 0.25) is 0 Å². The molecule has 0 amide bonds. The van der Waals surface area contributed by atoms with Crippen LogP contribution in [0.25, 0.3) is 0 Å². The number of aryl methyl sites for hydroxylation is 3. The summed E-state index contributed by atoms with van der Waals surface area (Å²) < 4.78 is 1.82. The average Bonchev–Trinajstić information content (AvgIpc) is 2.80. The predicted molar refractivity (Wildman–Crippen MR) is 77.5 cm³/mol. The molecule has 102 valence electrons. The van der Waals surface area contributed by atoms with Crippen LogP contribution in [0, 0.1) is 6.92 Å².